The van der Waals surface area contributed by atoms with Crippen LogP contribution in [0, 0.1) is 0 Å². The van der Waals surface area contributed by atoms with Crippen molar-refractivity contribution in [3.8, 4) is 5.75 Å². The van der Waals surface area contributed by atoms with Crippen LogP contribution in [0.3, 0.4) is 0 Å². The molecule has 2 aromatic carbocycles. The van der Waals surface area contributed by atoms with Gasteiger partial charge in [-0.05, 0) is 24.6 Å². The quantitative estimate of drug-likeness (QED) is 0.512. The van der Waals surface area contributed by atoms with Crippen molar-refractivity contribution in [1.82, 2.24) is 10.6 Å². The minimum atomic E-state index is -4.74. The van der Waals surface area contributed by atoms with Gasteiger partial charge in [0.15, 0.2) is 5.96 Å². The first-order valence-corrected chi connectivity index (χ1v) is 10.2. The normalized spacial score (nSPS) is 15.0. The molecule has 1 fully saturated rings. The van der Waals surface area contributed by atoms with Gasteiger partial charge in [0, 0.05) is 37.4 Å². The van der Waals surface area contributed by atoms with Crippen molar-refractivity contribution < 1.29 is 22.6 Å². The van der Waals surface area contributed by atoms with E-state index in [-0.39, 0.29) is 12.3 Å². The third-order valence-corrected chi connectivity index (χ3v) is 4.74. The maximum Gasteiger partial charge on any atom is 0.573 e. The summed E-state index contributed by atoms with van der Waals surface area (Å²) in [4.78, 5) is 6.73. The summed E-state index contributed by atoms with van der Waals surface area (Å²) < 4.78 is 47.5. The fraction of sp³-hybridized carbons (Fsp3) is 0.409. The number of anilines is 1. The van der Waals surface area contributed by atoms with E-state index in [2.05, 4.69) is 31.3 Å². The molecule has 6 nitrogen and oxygen atoms in total. The molecule has 168 valence electrons. The molecule has 0 spiro atoms. The average molecular weight is 436 g/mol. The van der Waals surface area contributed by atoms with Crippen molar-refractivity contribution in [3.63, 3.8) is 0 Å². The smallest absolute Gasteiger partial charge is 0.405 e. The molecule has 1 aliphatic rings. The van der Waals surface area contributed by atoms with Gasteiger partial charge in [-0.1, -0.05) is 36.4 Å². The highest BCUT2D eigenvalue weighted by molar-refractivity contribution is 5.80. The first-order chi connectivity index (χ1) is 15.0. The van der Waals surface area contributed by atoms with Gasteiger partial charge < -0.3 is 25.0 Å². The van der Waals surface area contributed by atoms with Crippen LogP contribution in [0.25, 0.3) is 0 Å². The molecule has 0 amide bonds. The third-order valence-electron chi connectivity index (χ3n) is 4.74. The van der Waals surface area contributed by atoms with Gasteiger partial charge in [0.25, 0.3) is 0 Å². The van der Waals surface area contributed by atoms with Crippen molar-refractivity contribution in [2.24, 2.45) is 4.99 Å². The lowest BCUT2D eigenvalue weighted by Gasteiger charge is -2.30. The fourth-order valence-electron chi connectivity index (χ4n) is 3.32. The van der Waals surface area contributed by atoms with Crippen LogP contribution < -0.4 is 20.3 Å². The standard InChI is InChI=1S/C22H27F3N4O2/c1-2-26-21(28-16-18-8-4-6-10-20(18)31-22(23,24)25)27-15-17-7-3-5-9-19(17)29-11-13-30-14-12-29/h3-10H,2,11-16H2,1H3,(H2,26,27,28). The molecule has 1 aliphatic heterocycles. The van der Waals surface area contributed by atoms with Gasteiger partial charge in [-0.3, -0.25) is 0 Å². The average Bonchev–Trinajstić information content (AvgIpc) is 2.76. The summed E-state index contributed by atoms with van der Waals surface area (Å²) in [5.41, 5.74) is 2.60. The Balaban J connectivity index is 1.69. The maximum atomic E-state index is 12.6. The topological polar surface area (TPSA) is 58.1 Å². The maximum absolute atomic E-state index is 12.6. The molecule has 0 unspecified atom stereocenters. The van der Waals surface area contributed by atoms with Gasteiger partial charge in [-0.2, -0.15) is 0 Å². The lowest BCUT2D eigenvalue weighted by Crippen LogP contribution is -2.39. The van der Waals surface area contributed by atoms with E-state index in [1.807, 2.05) is 25.1 Å². The van der Waals surface area contributed by atoms with Crippen LogP contribution in [-0.4, -0.2) is 45.2 Å². The molecular formula is C22H27F3N4O2. The van der Waals surface area contributed by atoms with E-state index < -0.39 is 6.36 Å². The predicted molar refractivity (Wildman–Crippen MR) is 114 cm³/mol. The molecule has 2 aromatic rings. The lowest BCUT2D eigenvalue weighted by molar-refractivity contribution is -0.274. The number of hydrogen-bond acceptors (Lipinski definition) is 4. The highest BCUT2D eigenvalue weighted by Crippen LogP contribution is 2.26. The van der Waals surface area contributed by atoms with Crippen LogP contribution in [0.2, 0.25) is 0 Å². The van der Waals surface area contributed by atoms with E-state index in [1.165, 1.54) is 12.1 Å². The van der Waals surface area contributed by atoms with Gasteiger partial charge >= 0.3 is 6.36 Å². The van der Waals surface area contributed by atoms with E-state index in [4.69, 9.17) is 4.74 Å². The number of morpholine rings is 1. The van der Waals surface area contributed by atoms with Gasteiger partial charge in [0.05, 0.1) is 19.8 Å². The fourth-order valence-corrected chi connectivity index (χ4v) is 3.32. The van der Waals surface area contributed by atoms with E-state index in [9.17, 15) is 13.2 Å². The summed E-state index contributed by atoms with van der Waals surface area (Å²) in [7, 11) is 0. The van der Waals surface area contributed by atoms with Crippen LogP contribution in [-0.2, 0) is 17.8 Å². The molecule has 0 atom stereocenters. The van der Waals surface area contributed by atoms with Crippen LogP contribution in [0.15, 0.2) is 53.5 Å². The number of ether oxygens (including phenoxy) is 2. The van der Waals surface area contributed by atoms with E-state index >= 15 is 0 Å². The Morgan fingerprint density at radius 3 is 2.42 bits per heavy atom. The summed E-state index contributed by atoms with van der Waals surface area (Å²) in [5, 5.41) is 6.40. The van der Waals surface area contributed by atoms with Crippen molar-refractivity contribution >= 4 is 11.6 Å². The number of hydrogen-bond donors (Lipinski definition) is 2. The number of guanidine groups is 1. The number of nitrogens with zero attached hydrogens (tertiary/aromatic N) is 2. The predicted octanol–water partition coefficient (Wildman–Crippen LogP) is 3.68. The number of rotatable bonds is 7. The monoisotopic (exact) mass is 436 g/mol. The van der Waals surface area contributed by atoms with Gasteiger partial charge in [0.1, 0.15) is 5.75 Å². The second kappa shape index (κ2) is 10.9. The summed E-state index contributed by atoms with van der Waals surface area (Å²) in [6, 6.07) is 14.1. The molecule has 0 saturated carbocycles. The molecule has 9 heteroatoms. The van der Waals surface area contributed by atoms with E-state index in [0.717, 1.165) is 24.3 Å². The Morgan fingerprint density at radius 1 is 1.03 bits per heavy atom. The number of halogens is 3. The lowest BCUT2D eigenvalue weighted by atomic mass is 10.1. The number of benzene rings is 2. The first-order valence-electron chi connectivity index (χ1n) is 10.2. The van der Waals surface area contributed by atoms with Gasteiger partial charge in [-0.15, -0.1) is 13.2 Å². The van der Waals surface area contributed by atoms with Crippen LogP contribution in [0.4, 0.5) is 18.9 Å². The Kier molecular flexibility index (Phi) is 8.00. The van der Waals surface area contributed by atoms with Crippen molar-refractivity contribution in [2.45, 2.75) is 26.4 Å². The largest absolute Gasteiger partial charge is 0.573 e. The molecule has 1 saturated heterocycles. The minimum absolute atomic E-state index is 0.0483. The third kappa shape index (κ3) is 7.06. The molecule has 3 rings (SSSR count). The van der Waals surface area contributed by atoms with Crippen molar-refractivity contribution in [1.29, 1.82) is 0 Å². The summed E-state index contributed by atoms with van der Waals surface area (Å²) in [6.45, 7) is 6.20. The zero-order chi connectivity index (χ0) is 22.1. The minimum Gasteiger partial charge on any atom is -0.405 e. The van der Waals surface area contributed by atoms with Crippen LogP contribution >= 0.6 is 0 Å². The Labute approximate surface area is 180 Å². The molecule has 1 heterocycles. The second-order valence-corrected chi connectivity index (χ2v) is 6.93. The van der Waals surface area contributed by atoms with Crippen molar-refractivity contribution in [2.75, 3.05) is 37.7 Å². The van der Waals surface area contributed by atoms with Crippen molar-refractivity contribution in [3.05, 3.63) is 59.7 Å². The molecule has 2 N–H and O–H groups in total. The SMILES string of the molecule is CCNC(=NCc1ccccc1OC(F)(F)F)NCc1ccccc1N1CCOCC1. The molecular weight excluding hydrogens is 409 g/mol. The number of aliphatic imine (C=N–C) groups is 1. The summed E-state index contributed by atoms with van der Waals surface area (Å²) >= 11 is 0. The molecule has 0 aromatic heterocycles. The molecule has 0 radical (unpaired) electrons. The van der Waals surface area contributed by atoms with Crippen LogP contribution in [0.1, 0.15) is 18.1 Å². The summed E-state index contributed by atoms with van der Waals surface area (Å²) in [5.74, 6) is 0.272. The Morgan fingerprint density at radius 2 is 1.71 bits per heavy atom. The summed E-state index contributed by atoms with van der Waals surface area (Å²) in [6.07, 6.45) is -4.74. The molecule has 0 aliphatic carbocycles. The molecule has 0 bridgehead atoms. The van der Waals surface area contributed by atoms with Gasteiger partial charge in [0.2, 0.25) is 0 Å². The highest BCUT2D eigenvalue weighted by atomic mass is 19.4. The number of para-hydroxylation sites is 2. The van der Waals surface area contributed by atoms with E-state index in [0.29, 0.717) is 37.8 Å². The zero-order valence-electron chi connectivity index (χ0n) is 17.4. The van der Waals surface area contributed by atoms with E-state index in [1.54, 1.807) is 12.1 Å². The highest BCUT2D eigenvalue weighted by Gasteiger charge is 2.31. The number of alkyl halides is 3. The molecule has 31 heavy (non-hydrogen) atoms. The Bertz CT molecular complexity index is 868. The first kappa shape index (κ1) is 22.7. The Hall–Kier alpha value is -2.94. The second-order valence-electron chi connectivity index (χ2n) is 6.93. The van der Waals surface area contributed by atoms with Gasteiger partial charge in [-0.25, -0.2) is 4.99 Å². The number of nitrogens with one attached hydrogen (secondary N) is 2. The van der Waals surface area contributed by atoms with Crippen LogP contribution in [0.5, 0.6) is 5.75 Å². The zero-order valence-corrected chi connectivity index (χ0v) is 17.4.